The predicted molar refractivity (Wildman–Crippen MR) is 121 cm³/mol. The van der Waals surface area contributed by atoms with Gasteiger partial charge in [0, 0.05) is 25.1 Å². The molecule has 1 atom stereocenters. The Morgan fingerprint density at radius 2 is 1.78 bits per heavy atom. The summed E-state index contributed by atoms with van der Waals surface area (Å²) in [5, 5.41) is 13.6. The van der Waals surface area contributed by atoms with Crippen LogP contribution in [0, 0.1) is 0 Å². The molecule has 2 aromatic carbocycles. The van der Waals surface area contributed by atoms with Crippen LogP contribution in [0.1, 0.15) is 29.0 Å². The van der Waals surface area contributed by atoms with Gasteiger partial charge in [-0.3, -0.25) is 14.0 Å². The van der Waals surface area contributed by atoms with Crippen molar-refractivity contribution in [2.45, 2.75) is 18.9 Å². The number of rotatable bonds is 7. The number of nitrogens with zero attached hydrogens (tertiary/aromatic N) is 2. The first-order chi connectivity index (χ1) is 15.6. The minimum atomic E-state index is -0.686. The van der Waals surface area contributed by atoms with E-state index in [2.05, 4.69) is 10.3 Å². The largest absolute Gasteiger partial charge is 0.497 e. The lowest BCUT2D eigenvalue weighted by Crippen LogP contribution is -2.28. The van der Waals surface area contributed by atoms with Crippen LogP contribution in [-0.4, -0.2) is 27.5 Å². The Labute approximate surface area is 184 Å². The number of ether oxygens (including phenoxy) is 1. The molecule has 7 heteroatoms. The van der Waals surface area contributed by atoms with E-state index in [-0.39, 0.29) is 23.8 Å². The lowest BCUT2D eigenvalue weighted by molar-refractivity contribution is -0.121. The molecule has 0 aliphatic rings. The molecule has 0 aliphatic heterocycles. The van der Waals surface area contributed by atoms with Crippen LogP contribution in [0.5, 0.6) is 11.6 Å². The fourth-order valence-corrected chi connectivity index (χ4v) is 3.67. The van der Waals surface area contributed by atoms with E-state index >= 15 is 0 Å². The zero-order valence-electron chi connectivity index (χ0n) is 17.6. The van der Waals surface area contributed by atoms with Crippen molar-refractivity contribution in [1.29, 1.82) is 0 Å². The van der Waals surface area contributed by atoms with Crippen LogP contribution in [0.4, 0.5) is 0 Å². The number of aromatic nitrogens is 2. The molecule has 1 amide bonds. The zero-order valence-corrected chi connectivity index (χ0v) is 17.6. The van der Waals surface area contributed by atoms with Gasteiger partial charge in [-0.25, -0.2) is 0 Å². The molecule has 0 saturated carbocycles. The highest BCUT2D eigenvalue weighted by Gasteiger charge is 2.26. The molecule has 162 valence electrons. The molecule has 2 heterocycles. The van der Waals surface area contributed by atoms with E-state index in [1.165, 1.54) is 4.40 Å². The quantitative estimate of drug-likeness (QED) is 0.471. The average Bonchev–Trinajstić information content (AvgIpc) is 2.83. The molecule has 4 rings (SSSR count). The van der Waals surface area contributed by atoms with Gasteiger partial charge in [0.05, 0.1) is 12.7 Å². The molecule has 2 aromatic heterocycles. The molecule has 7 nitrogen and oxygen atoms in total. The lowest BCUT2D eigenvalue weighted by Gasteiger charge is -2.19. The number of carbonyl (C=O) groups excluding carboxylic acids is 1. The first-order valence-electron chi connectivity index (χ1n) is 10.2. The van der Waals surface area contributed by atoms with E-state index < -0.39 is 11.5 Å². The van der Waals surface area contributed by atoms with Crippen LogP contribution < -0.4 is 15.6 Å². The number of fused-ring (bicyclic) bond motifs is 1. The van der Waals surface area contributed by atoms with Crippen molar-refractivity contribution in [3.8, 4) is 11.6 Å². The van der Waals surface area contributed by atoms with Crippen LogP contribution in [-0.2, 0) is 11.3 Å². The van der Waals surface area contributed by atoms with Gasteiger partial charge < -0.3 is 15.2 Å². The lowest BCUT2D eigenvalue weighted by atomic mass is 9.89. The standard InChI is InChI=1S/C25H23N3O4/c1-32-19-12-10-18(11-13-19)20(15-22(29)26-16-17-7-3-2-4-8-17)23-24(30)27-21-9-5-6-14-28(21)25(23)31/h2-14,20,30H,15-16H2,1H3,(H,26,29). The van der Waals surface area contributed by atoms with E-state index in [0.29, 0.717) is 23.5 Å². The van der Waals surface area contributed by atoms with Crippen molar-refractivity contribution in [3.63, 3.8) is 0 Å². The number of hydrogen-bond acceptors (Lipinski definition) is 5. The summed E-state index contributed by atoms with van der Waals surface area (Å²) in [5.41, 5.74) is 1.67. The van der Waals surface area contributed by atoms with E-state index in [4.69, 9.17) is 4.74 Å². The summed E-state index contributed by atoms with van der Waals surface area (Å²) < 4.78 is 6.59. The third-order valence-electron chi connectivity index (χ3n) is 5.34. The van der Waals surface area contributed by atoms with Crippen LogP contribution in [0.2, 0.25) is 0 Å². The van der Waals surface area contributed by atoms with Crippen LogP contribution in [0.25, 0.3) is 5.65 Å². The van der Waals surface area contributed by atoms with Gasteiger partial charge in [0.15, 0.2) is 0 Å². The number of pyridine rings is 1. The van der Waals surface area contributed by atoms with Gasteiger partial charge in [0.1, 0.15) is 11.4 Å². The number of amides is 1. The monoisotopic (exact) mass is 429 g/mol. The van der Waals surface area contributed by atoms with Crippen LogP contribution >= 0.6 is 0 Å². The molecular formula is C25H23N3O4. The van der Waals surface area contributed by atoms with Crippen molar-refractivity contribution in [2.75, 3.05) is 7.11 Å². The smallest absolute Gasteiger partial charge is 0.265 e. The second-order valence-corrected chi connectivity index (χ2v) is 7.38. The molecule has 0 saturated heterocycles. The van der Waals surface area contributed by atoms with Crippen molar-refractivity contribution in [1.82, 2.24) is 14.7 Å². The van der Waals surface area contributed by atoms with Crippen molar-refractivity contribution in [2.24, 2.45) is 0 Å². The van der Waals surface area contributed by atoms with E-state index in [1.807, 2.05) is 30.3 Å². The average molecular weight is 429 g/mol. The van der Waals surface area contributed by atoms with Crippen molar-refractivity contribution >= 4 is 11.6 Å². The summed E-state index contributed by atoms with van der Waals surface area (Å²) in [6.07, 6.45) is 1.57. The van der Waals surface area contributed by atoms with Crippen molar-refractivity contribution in [3.05, 3.63) is 106 Å². The fourth-order valence-electron chi connectivity index (χ4n) is 3.67. The molecule has 4 aromatic rings. The highest BCUT2D eigenvalue weighted by molar-refractivity contribution is 5.77. The molecule has 32 heavy (non-hydrogen) atoms. The number of methoxy groups -OCH3 is 1. The Balaban J connectivity index is 1.70. The third kappa shape index (κ3) is 4.46. The van der Waals surface area contributed by atoms with Gasteiger partial charge in [-0.15, -0.1) is 0 Å². The number of carbonyl (C=O) groups is 1. The summed E-state index contributed by atoms with van der Waals surface area (Å²) >= 11 is 0. The van der Waals surface area contributed by atoms with E-state index in [9.17, 15) is 14.7 Å². The molecule has 0 fully saturated rings. The maximum Gasteiger partial charge on any atom is 0.265 e. The number of nitrogens with one attached hydrogen (secondary N) is 1. The number of aromatic hydroxyl groups is 1. The van der Waals surface area contributed by atoms with Crippen LogP contribution in [0.3, 0.4) is 0 Å². The topological polar surface area (TPSA) is 92.9 Å². The highest BCUT2D eigenvalue weighted by Crippen LogP contribution is 2.32. The van der Waals surface area contributed by atoms with Gasteiger partial charge in [-0.2, -0.15) is 4.98 Å². The Kier molecular flexibility index (Phi) is 6.17. The molecule has 0 radical (unpaired) electrons. The SMILES string of the molecule is COc1ccc(C(CC(=O)NCc2ccccc2)c2c(O)nc3ccccn3c2=O)cc1. The van der Waals surface area contributed by atoms with E-state index in [1.54, 1.807) is 55.8 Å². The normalized spacial score (nSPS) is 11.8. The van der Waals surface area contributed by atoms with Gasteiger partial charge >= 0.3 is 0 Å². The predicted octanol–water partition coefficient (Wildman–Crippen LogP) is 3.25. The minimum absolute atomic E-state index is 0.0253. The first kappa shape index (κ1) is 21.1. The maximum absolute atomic E-state index is 13.3. The van der Waals surface area contributed by atoms with Crippen LogP contribution in [0.15, 0.2) is 83.8 Å². The highest BCUT2D eigenvalue weighted by atomic mass is 16.5. The molecule has 2 N–H and O–H groups in total. The summed E-state index contributed by atoms with van der Waals surface area (Å²) in [5.74, 6) is -0.656. The number of benzene rings is 2. The molecule has 0 aliphatic carbocycles. The maximum atomic E-state index is 13.3. The van der Waals surface area contributed by atoms with Gasteiger partial charge in [0.2, 0.25) is 11.8 Å². The van der Waals surface area contributed by atoms with Gasteiger partial charge in [-0.1, -0.05) is 48.5 Å². The Bertz CT molecular complexity index is 1280. The van der Waals surface area contributed by atoms with E-state index in [0.717, 1.165) is 5.56 Å². The molecule has 0 bridgehead atoms. The van der Waals surface area contributed by atoms with Gasteiger partial charge in [-0.05, 0) is 35.4 Å². The fraction of sp³-hybridized carbons (Fsp3) is 0.160. The number of hydrogen-bond donors (Lipinski definition) is 2. The summed E-state index contributed by atoms with van der Waals surface area (Å²) in [7, 11) is 1.56. The molecule has 0 spiro atoms. The zero-order chi connectivity index (χ0) is 22.5. The Morgan fingerprint density at radius 1 is 1.06 bits per heavy atom. The van der Waals surface area contributed by atoms with Crippen molar-refractivity contribution < 1.29 is 14.6 Å². The van der Waals surface area contributed by atoms with Gasteiger partial charge in [0.25, 0.3) is 5.56 Å². The Morgan fingerprint density at radius 3 is 2.50 bits per heavy atom. The molecule has 1 unspecified atom stereocenters. The third-order valence-corrected chi connectivity index (χ3v) is 5.34. The first-order valence-corrected chi connectivity index (χ1v) is 10.2. The second kappa shape index (κ2) is 9.34. The summed E-state index contributed by atoms with van der Waals surface area (Å²) in [4.78, 5) is 30.3. The second-order valence-electron chi connectivity index (χ2n) is 7.38. The minimum Gasteiger partial charge on any atom is -0.497 e. The molecular weight excluding hydrogens is 406 g/mol. The summed E-state index contributed by atoms with van der Waals surface area (Å²) in [6, 6.07) is 21.7. The Hall–Kier alpha value is -4.13. The summed E-state index contributed by atoms with van der Waals surface area (Å²) in [6.45, 7) is 0.371.